The van der Waals surface area contributed by atoms with E-state index in [0.29, 0.717) is 12.0 Å². The number of hydrogen-bond acceptors (Lipinski definition) is 2. The van der Waals surface area contributed by atoms with Crippen LogP contribution in [-0.2, 0) is 6.42 Å². The third-order valence-electron chi connectivity index (χ3n) is 4.01. The smallest absolute Gasteiger partial charge is 0.119 e. The summed E-state index contributed by atoms with van der Waals surface area (Å²) >= 11 is 0. The molecule has 94 valence electrons. The zero-order chi connectivity index (χ0) is 12.3. The monoisotopic (exact) mass is 233 g/mol. The first-order chi connectivity index (χ1) is 8.30. The molecule has 2 nitrogen and oxygen atoms in total. The highest BCUT2D eigenvalue weighted by Gasteiger charge is 2.26. The highest BCUT2D eigenvalue weighted by Crippen LogP contribution is 2.36. The van der Waals surface area contributed by atoms with Crippen LogP contribution in [0, 0.1) is 0 Å². The van der Waals surface area contributed by atoms with Crippen LogP contribution in [-0.4, -0.2) is 20.2 Å². The summed E-state index contributed by atoms with van der Waals surface area (Å²) < 4.78 is 5.31. The largest absolute Gasteiger partial charge is 0.497 e. The lowest BCUT2D eigenvalue weighted by atomic mass is 9.78. The van der Waals surface area contributed by atoms with Crippen molar-refractivity contribution in [2.75, 3.05) is 14.2 Å². The van der Waals surface area contributed by atoms with Gasteiger partial charge in [0.15, 0.2) is 0 Å². The molecule has 0 bridgehead atoms. The number of methoxy groups -OCH3 is 1. The second-order valence-corrected chi connectivity index (χ2v) is 4.87. The van der Waals surface area contributed by atoms with Crippen LogP contribution < -0.4 is 10.1 Å². The molecule has 2 unspecified atom stereocenters. The van der Waals surface area contributed by atoms with Gasteiger partial charge in [-0.05, 0) is 61.9 Å². The summed E-state index contributed by atoms with van der Waals surface area (Å²) in [6.07, 6.45) is 4.98. The minimum atomic E-state index is 0.599. The van der Waals surface area contributed by atoms with E-state index in [9.17, 15) is 0 Å². The third kappa shape index (κ3) is 2.47. The summed E-state index contributed by atoms with van der Waals surface area (Å²) in [6, 6.07) is 7.17. The summed E-state index contributed by atoms with van der Waals surface area (Å²) in [4.78, 5) is 0. The zero-order valence-electron chi connectivity index (χ0n) is 11.1. The van der Waals surface area contributed by atoms with E-state index in [2.05, 4.69) is 37.5 Å². The maximum Gasteiger partial charge on any atom is 0.119 e. The van der Waals surface area contributed by atoms with Crippen molar-refractivity contribution in [2.45, 2.75) is 44.6 Å². The highest BCUT2D eigenvalue weighted by molar-refractivity contribution is 5.40. The fraction of sp³-hybridized carbons (Fsp3) is 0.600. The van der Waals surface area contributed by atoms with Gasteiger partial charge in [-0.2, -0.15) is 0 Å². The van der Waals surface area contributed by atoms with Gasteiger partial charge in [-0.25, -0.2) is 0 Å². The molecule has 2 atom stereocenters. The quantitative estimate of drug-likeness (QED) is 0.862. The maximum absolute atomic E-state index is 5.31. The number of ether oxygens (including phenoxy) is 1. The molecule has 0 aromatic heterocycles. The lowest BCUT2D eigenvalue weighted by Crippen LogP contribution is -2.33. The topological polar surface area (TPSA) is 21.3 Å². The van der Waals surface area contributed by atoms with E-state index in [-0.39, 0.29) is 0 Å². The Morgan fingerprint density at radius 2 is 2.29 bits per heavy atom. The molecule has 0 radical (unpaired) electrons. The Labute approximate surface area is 104 Å². The van der Waals surface area contributed by atoms with Crippen molar-refractivity contribution < 1.29 is 4.74 Å². The molecule has 0 saturated carbocycles. The Balaban J connectivity index is 2.31. The van der Waals surface area contributed by atoms with E-state index in [1.54, 1.807) is 7.11 Å². The van der Waals surface area contributed by atoms with E-state index in [1.165, 1.54) is 36.8 Å². The van der Waals surface area contributed by atoms with Crippen LogP contribution in [0.25, 0.3) is 0 Å². The lowest BCUT2D eigenvalue weighted by molar-refractivity contribution is 0.397. The van der Waals surface area contributed by atoms with Crippen molar-refractivity contribution in [1.82, 2.24) is 5.32 Å². The average Bonchev–Trinajstić information content (AvgIpc) is 2.39. The first-order valence-electron chi connectivity index (χ1n) is 6.64. The van der Waals surface area contributed by atoms with Gasteiger partial charge in [-0.3, -0.25) is 0 Å². The van der Waals surface area contributed by atoms with Crippen LogP contribution in [0.1, 0.15) is 43.2 Å². The van der Waals surface area contributed by atoms with Gasteiger partial charge >= 0.3 is 0 Å². The minimum Gasteiger partial charge on any atom is -0.497 e. The third-order valence-corrected chi connectivity index (χ3v) is 4.01. The van der Waals surface area contributed by atoms with Crippen molar-refractivity contribution in [3.8, 4) is 5.75 Å². The zero-order valence-corrected chi connectivity index (χ0v) is 11.1. The van der Waals surface area contributed by atoms with Gasteiger partial charge in [0.2, 0.25) is 0 Å². The van der Waals surface area contributed by atoms with E-state index >= 15 is 0 Å². The molecule has 1 aliphatic carbocycles. The number of rotatable bonds is 4. The summed E-state index contributed by atoms with van der Waals surface area (Å²) in [6.45, 7) is 2.26. The molecule has 0 saturated heterocycles. The second kappa shape index (κ2) is 5.54. The van der Waals surface area contributed by atoms with Crippen molar-refractivity contribution in [3.05, 3.63) is 29.3 Å². The maximum atomic E-state index is 5.31. The summed E-state index contributed by atoms with van der Waals surface area (Å²) in [7, 11) is 3.82. The molecule has 1 aliphatic rings. The van der Waals surface area contributed by atoms with Crippen LogP contribution in [0.5, 0.6) is 5.75 Å². The first kappa shape index (κ1) is 12.4. The highest BCUT2D eigenvalue weighted by atomic mass is 16.5. The molecule has 1 aromatic rings. The second-order valence-electron chi connectivity index (χ2n) is 4.87. The van der Waals surface area contributed by atoms with Crippen LogP contribution in [0.15, 0.2) is 18.2 Å². The molecule has 17 heavy (non-hydrogen) atoms. The van der Waals surface area contributed by atoms with Crippen LogP contribution in [0.3, 0.4) is 0 Å². The molecular weight excluding hydrogens is 210 g/mol. The molecule has 0 amide bonds. The Kier molecular flexibility index (Phi) is 4.06. The van der Waals surface area contributed by atoms with Crippen molar-refractivity contribution >= 4 is 0 Å². The molecular formula is C15H23NO. The normalized spacial score (nSPS) is 20.8. The number of hydrogen-bond donors (Lipinski definition) is 1. The van der Waals surface area contributed by atoms with Gasteiger partial charge in [0.05, 0.1) is 7.11 Å². The van der Waals surface area contributed by atoms with E-state index < -0.39 is 0 Å². The first-order valence-corrected chi connectivity index (χ1v) is 6.64. The molecule has 0 fully saturated rings. The van der Waals surface area contributed by atoms with Crippen LogP contribution in [0.4, 0.5) is 0 Å². The van der Waals surface area contributed by atoms with Crippen LogP contribution in [0.2, 0.25) is 0 Å². The van der Waals surface area contributed by atoms with Gasteiger partial charge in [0, 0.05) is 6.04 Å². The summed E-state index contributed by atoms with van der Waals surface area (Å²) in [5.74, 6) is 1.65. The summed E-state index contributed by atoms with van der Waals surface area (Å²) in [5, 5.41) is 3.46. The number of benzene rings is 1. The van der Waals surface area contributed by atoms with Gasteiger partial charge in [-0.15, -0.1) is 0 Å². The Morgan fingerprint density at radius 3 is 2.94 bits per heavy atom. The minimum absolute atomic E-state index is 0.599. The number of nitrogens with one attached hydrogen (secondary N) is 1. The van der Waals surface area contributed by atoms with Gasteiger partial charge < -0.3 is 10.1 Å². The number of aryl methyl sites for hydroxylation is 1. The fourth-order valence-electron chi connectivity index (χ4n) is 3.06. The van der Waals surface area contributed by atoms with Crippen molar-refractivity contribution in [1.29, 1.82) is 0 Å². The van der Waals surface area contributed by atoms with Gasteiger partial charge in [0.1, 0.15) is 5.75 Å². The predicted molar refractivity (Wildman–Crippen MR) is 71.8 cm³/mol. The predicted octanol–water partition coefficient (Wildman–Crippen LogP) is 3.11. The number of likely N-dealkylation sites (N-methyl/N-ethyl adjacent to an activating group) is 1. The summed E-state index contributed by atoms with van der Waals surface area (Å²) in [5.41, 5.74) is 3.01. The molecule has 2 rings (SSSR count). The lowest BCUT2D eigenvalue weighted by Gasteiger charge is -2.32. The Morgan fingerprint density at radius 1 is 1.47 bits per heavy atom. The SMILES string of the molecule is CCC(NC)C1CCCc2cc(OC)ccc21. The van der Waals surface area contributed by atoms with E-state index in [1.807, 2.05) is 0 Å². The standard InChI is InChI=1S/C15H23NO/c1-4-15(16-2)14-7-5-6-11-10-12(17-3)8-9-13(11)14/h8-10,14-16H,4-7H2,1-3H3. The van der Waals surface area contributed by atoms with Gasteiger partial charge in [-0.1, -0.05) is 13.0 Å². The Hall–Kier alpha value is -1.02. The van der Waals surface area contributed by atoms with Gasteiger partial charge in [0.25, 0.3) is 0 Å². The fourth-order valence-corrected chi connectivity index (χ4v) is 3.06. The van der Waals surface area contributed by atoms with Crippen LogP contribution >= 0.6 is 0 Å². The van der Waals surface area contributed by atoms with E-state index in [4.69, 9.17) is 4.74 Å². The Bertz CT molecular complexity index is 371. The average molecular weight is 233 g/mol. The molecule has 0 heterocycles. The molecule has 0 aliphatic heterocycles. The molecule has 2 heteroatoms. The van der Waals surface area contributed by atoms with Crippen molar-refractivity contribution in [3.63, 3.8) is 0 Å². The molecule has 0 spiro atoms. The number of fused-ring (bicyclic) bond motifs is 1. The molecule has 1 aromatic carbocycles. The molecule has 1 N–H and O–H groups in total. The van der Waals surface area contributed by atoms with E-state index in [0.717, 1.165) is 5.75 Å². The van der Waals surface area contributed by atoms with Crippen molar-refractivity contribution in [2.24, 2.45) is 0 Å².